The summed E-state index contributed by atoms with van der Waals surface area (Å²) in [5, 5.41) is 16.8. The first-order valence-electron chi connectivity index (χ1n) is 7.08. The zero-order valence-electron chi connectivity index (χ0n) is 11.8. The molecule has 2 N–H and O–H groups in total. The Kier molecular flexibility index (Phi) is 4.27. The maximum atomic E-state index is 12.2. The van der Waals surface area contributed by atoms with Gasteiger partial charge in [-0.2, -0.15) is 5.10 Å². The van der Waals surface area contributed by atoms with E-state index in [2.05, 4.69) is 10.4 Å². The Balaban J connectivity index is 1.70. The van der Waals surface area contributed by atoms with Gasteiger partial charge in [0.15, 0.2) is 5.69 Å². The van der Waals surface area contributed by atoms with E-state index in [4.69, 9.17) is 16.7 Å². The number of carbonyl (C=O) groups is 1. The predicted octanol–water partition coefficient (Wildman–Crippen LogP) is 2.19. The summed E-state index contributed by atoms with van der Waals surface area (Å²) in [6.07, 6.45) is 6.25. The van der Waals surface area contributed by atoms with Crippen molar-refractivity contribution in [2.45, 2.75) is 12.5 Å². The summed E-state index contributed by atoms with van der Waals surface area (Å²) in [4.78, 5) is 12.2. The highest BCUT2D eigenvalue weighted by molar-refractivity contribution is 6.32. The number of para-hydroxylation sites is 1. The SMILES string of the molecule is O=C(N[C@@H]1C=C[C@H](CO)C1)c1ccn(-c2ccccc2Cl)n1. The summed E-state index contributed by atoms with van der Waals surface area (Å²) in [5.74, 6) is -0.120. The molecule has 0 unspecified atom stereocenters. The number of carbonyl (C=O) groups excluding carboxylic acids is 1. The molecule has 0 saturated heterocycles. The fourth-order valence-corrected chi connectivity index (χ4v) is 2.70. The van der Waals surface area contributed by atoms with E-state index in [0.29, 0.717) is 17.1 Å². The standard InChI is InChI=1S/C16H16ClN3O2/c17-13-3-1-2-4-15(13)20-8-7-14(19-20)16(22)18-12-6-5-11(9-12)10-21/h1-8,11-12,21H,9-10H2,(H,18,22)/t11-,12+/m0/s1. The number of aromatic nitrogens is 2. The Labute approximate surface area is 133 Å². The van der Waals surface area contributed by atoms with Gasteiger partial charge < -0.3 is 10.4 Å². The Morgan fingerprint density at radius 1 is 1.36 bits per heavy atom. The fourth-order valence-electron chi connectivity index (χ4n) is 2.48. The summed E-state index contributed by atoms with van der Waals surface area (Å²) in [6, 6.07) is 8.91. The zero-order chi connectivity index (χ0) is 15.5. The molecule has 1 heterocycles. The molecule has 3 rings (SSSR count). The van der Waals surface area contributed by atoms with Gasteiger partial charge in [0.2, 0.25) is 0 Å². The van der Waals surface area contributed by atoms with Crippen LogP contribution >= 0.6 is 11.6 Å². The van der Waals surface area contributed by atoms with E-state index in [-0.39, 0.29) is 24.5 Å². The maximum absolute atomic E-state index is 12.2. The number of aliphatic hydroxyl groups is 1. The summed E-state index contributed by atoms with van der Waals surface area (Å²) in [7, 11) is 0. The minimum Gasteiger partial charge on any atom is -0.396 e. The Bertz CT molecular complexity index is 711. The minimum atomic E-state index is -0.237. The predicted molar refractivity (Wildman–Crippen MR) is 84.2 cm³/mol. The first kappa shape index (κ1) is 14.8. The summed E-state index contributed by atoms with van der Waals surface area (Å²) in [5.41, 5.74) is 1.06. The second-order valence-corrected chi connectivity index (χ2v) is 5.65. The first-order chi connectivity index (χ1) is 10.7. The van der Waals surface area contributed by atoms with Crippen LogP contribution in [-0.2, 0) is 0 Å². The van der Waals surface area contributed by atoms with Crippen molar-refractivity contribution >= 4 is 17.5 Å². The summed E-state index contributed by atoms with van der Waals surface area (Å²) in [6.45, 7) is 0.101. The lowest BCUT2D eigenvalue weighted by molar-refractivity contribution is 0.0935. The van der Waals surface area contributed by atoms with Gasteiger partial charge in [-0.25, -0.2) is 4.68 Å². The van der Waals surface area contributed by atoms with Gasteiger partial charge in [-0.3, -0.25) is 4.79 Å². The van der Waals surface area contributed by atoms with Crippen LogP contribution in [-0.4, -0.2) is 33.4 Å². The van der Waals surface area contributed by atoms with Crippen LogP contribution < -0.4 is 5.32 Å². The van der Waals surface area contributed by atoms with Crippen molar-refractivity contribution in [1.82, 2.24) is 15.1 Å². The largest absolute Gasteiger partial charge is 0.396 e. The molecule has 0 fully saturated rings. The third-order valence-electron chi connectivity index (χ3n) is 3.64. The van der Waals surface area contributed by atoms with Gasteiger partial charge in [0, 0.05) is 24.8 Å². The molecule has 0 aliphatic heterocycles. The average molecular weight is 318 g/mol. The topological polar surface area (TPSA) is 67.2 Å². The molecule has 2 atom stereocenters. The van der Waals surface area contributed by atoms with Gasteiger partial charge in [0.1, 0.15) is 0 Å². The van der Waals surface area contributed by atoms with Crippen LogP contribution in [0.15, 0.2) is 48.7 Å². The number of hydrogen-bond donors (Lipinski definition) is 2. The van der Waals surface area contributed by atoms with Gasteiger partial charge in [-0.1, -0.05) is 35.9 Å². The molecular formula is C16H16ClN3O2. The number of amides is 1. The number of benzene rings is 1. The fraction of sp³-hybridized carbons (Fsp3) is 0.250. The normalized spacial score (nSPS) is 20.3. The summed E-state index contributed by atoms with van der Waals surface area (Å²) >= 11 is 6.12. The molecule has 0 bridgehead atoms. The van der Waals surface area contributed by atoms with Crippen molar-refractivity contribution < 1.29 is 9.90 Å². The molecule has 1 aliphatic carbocycles. The molecule has 22 heavy (non-hydrogen) atoms. The molecule has 0 saturated carbocycles. The molecule has 5 nitrogen and oxygen atoms in total. The van der Waals surface area contributed by atoms with E-state index in [1.54, 1.807) is 23.0 Å². The molecule has 1 amide bonds. The van der Waals surface area contributed by atoms with Crippen LogP contribution in [0.3, 0.4) is 0 Å². The lowest BCUT2D eigenvalue weighted by Gasteiger charge is -2.11. The third-order valence-corrected chi connectivity index (χ3v) is 3.96. The first-order valence-corrected chi connectivity index (χ1v) is 7.46. The average Bonchev–Trinajstić information content (AvgIpc) is 3.16. The molecular weight excluding hydrogens is 302 g/mol. The van der Waals surface area contributed by atoms with Crippen LogP contribution in [0.25, 0.3) is 5.69 Å². The van der Waals surface area contributed by atoms with Crippen molar-refractivity contribution in [2.75, 3.05) is 6.61 Å². The molecule has 1 aromatic heterocycles. The van der Waals surface area contributed by atoms with Crippen LogP contribution in [0, 0.1) is 5.92 Å². The van der Waals surface area contributed by atoms with E-state index < -0.39 is 0 Å². The molecule has 0 radical (unpaired) electrons. The number of hydrogen-bond acceptors (Lipinski definition) is 3. The van der Waals surface area contributed by atoms with Crippen LogP contribution in [0.5, 0.6) is 0 Å². The van der Waals surface area contributed by atoms with Crippen LogP contribution in [0.2, 0.25) is 5.02 Å². The molecule has 2 aromatic rings. The van der Waals surface area contributed by atoms with Gasteiger partial charge in [0.25, 0.3) is 5.91 Å². The molecule has 1 aliphatic rings. The highest BCUT2D eigenvalue weighted by atomic mass is 35.5. The number of nitrogens with zero attached hydrogens (tertiary/aromatic N) is 2. The van der Waals surface area contributed by atoms with E-state index in [1.165, 1.54) is 0 Å². The monoisotopic (exact) mass is 317 g/mol. The Hall–Kier alpha value is -2.11. The number of halogens is 1. The van der Waals surface area contributed by atoms with E-state index >= 15 is 0 Å². The Morgan fingerprint density at radius 3 is 2.91 bits per heavy atom. The summed E-state index contributed by atoms with van der Waals surface area (Å²) < 4.78 is 1.58. The zero-order valence-corrected chi connectivity index (χ0v) is 12.6. The van der Waals surface area contributed by atoms with Gasteiger partial charge in [-0.15, -0.1) is 0 Å². The minimum absolute atomic E-state index is 0.0601. The highest BCUT2D eigenvalue weighted by Crippen LogP contribution is 2.20. The molecule has 114 valence electrons. The van der Waals surface area contributed by atoms with Crippen molar-refractivity contribution in [3.05, 3.63) is 59.4 Å². The van der Waals surface area contributed by atoms with E-state index in [0.717, 1.165) is 5.69 Å². The smallest absolute Gasteiger partial charge is 0.272 e. The van der Waals surface area contributed by atoms with E-state index in [9.17, 15) is 4.79 Å². The number of rotatable bonds is 4. The molecule has 6 heteroatoms. The Morgan fingerprint density at radius 2 is 2.18 bits per heavy atom. The second kappa shape index (κ2) is 6.34. The maximum Gasteiger partial charge on any atom is 0.272 e. The quantitative estimate of drug-likeness (QED) is 0.849. The third kappa shape index (κ3) is 3.05. The number of nitrogens with one attached hydrogen (secondary N) is 1. The van der Waals surface area contributed by atoms with Crippen molar-refractivity contribution in [1.29, 1.82) is 0 Å². The molecule has 0 spiro atoms. The van der Waals surface area contributed by atoms with Crippen LogP contribution in [0.1, 0.15) is 16.9 Å². The van der Waals surface area contributed by atoms with Crippen LogP contribution in [0.4, 0.5) is 0 Å². The van der Waals surface area contributed by atoms with Gasteiger partial charge >= 0.3 is 0 Å². The van der Waals surface area contributed by atoms with Gasteiger partial charge in [-0.05, 0) is 24.6 Å². The van der Waals surface area contributed by atoms with Crippen molar-refractivity contribution in [2.24, 2.45) is 5.92 Å². The van der Waals surface area contributed by atoms with Crippen molar-refractivity contribution in [3.8, 4) is 5.69 Å². The lowest BCUT2D eigenvalue weighted by atomic mass is 10.1. The van der Waals surface area contributed by atoms with E-state index in [1.807, 2.05) is 30.4 Å². The van der Waals surface area contributed by atoms with Crippen molar-refractivity contribution in [3.63, 3.8) is 0 Å². The molecule has 1 aromatic carbocycles. The highest BCUT2D eigenvalue weighted by Gasteiger charge is 2.21. The number of aliphatic hydroxyl groups excluding tert-OH is 1. The van der Waals surface area contributed by atoms with Gasteiger partial charge in [0.05, 0.1) is 10.7 Å². The second-order valence-electron chi connectivity index (χ2n) is 5.24. The lowest BCUT2D eigenvalue weighted by Crippen LogP contribution is -2.33.